The van der Waals surface area contributed by atoms with Crippen molar-refractivity contribution >= 4 is 17.4 Å². The minimum absolute atomic E-state index is 0.218. The molecule has 0 saturated heterocycles. The fourth-order valence-corrected chi connectivity index (χ4v) is 1.12. The summed E-state index contributed by atoms with van der Waals surface area (Å²) >= 11 is 5.43. The van der Waals surface area contributed by atoms with Crippen LogP contribution in [0.25, 0.3) is 0 Å². The molecule has 0 radical (unpaired) electrons. The van der Waals surface area contributed by atoms with Gasteiger partial charge in [0.1, 0.15) is 5.82 Å². The normalized spacial score (nSPS) is 11.5. The molecule has 2 nitrogen and oxygen atoms in total. The van der Waals surface area contributed by atoms with Gasteiger partial charge in [0.15, 0.2) is 0 Å². The minimum atomic E-state index is -4.33. The predicted molar refractivity (Wildman–Crippen MR) is 53.1 cm³/mol. The molecular formula is C9H10ClF3N2. The molecular weight excluding hydrogens is 229 g/mol. The SMILES string of the molecule is FC(F)(F)c1ccnc(NCCCCl)c1. The van der Waals surface area contributed by atoms with Crippen LogP contribution in [-0.2, 0) is 6.18 Å². The smallest absolute Gasteiger partial charge is 0.370 e. The summed E-state index contributed by atoms with van der Waals surface area (Å²) in [5.74, 6) is 0.682. The molecule has 0 atom stereocenters. The number of alkyl halides is 4. The summed E-state index contributed by atoms with van der Waals surface area (Å²) in [5, 5.41) is 2.76. The van der Waals surface area contributed by atoms with Crippen molar-refractivity contribution in [2.45, 2.75) is 12.6 Å². The first kappa shape index (κ1) is 12.1. The molecule has 84 valence electrons. The fourth-order valence-electron chi connectivity index (χ4n) is 0.987. The third-order valence-electron chi connectivity index (χ3n) is 1.70. The lowest BCUT2D eigenvalue weighted by Crippen LogP contribution is -2.08. The Kier molecular flexibility index (Phi) is 4.20. The zero-order chi connectivity index (χ0) is 11.3. The Morgan fingerprint density at radius 3 is 2.73 bits per heavy atom. The molecule has 6 heteroatoms. The summed E-state index contributed by atoms with van der Waals surface area (Å²) in [4.78, 5) is 3.77. The second kappa shape index (κ2) is 5.21. The molecule has 0 unspecified atom stereocenters. The number of pyridine rings is 1. The van der Waals surface area contributed by atoms with E-state index in [-0.39, 0.29) is 5.82 Å². The first-order valence-electron chi connectivity index (χ1n) is 4.37. The quantitative estimate of drug-likeness (QED) is 0.644. The molecule has 15 heavy (non-hydrogen) atoms. The lowest BCUT2D eigenvalue weighted by Gasteiger charge is -2.08. The van der Waals surface area contributed by atoms with Crippen LogP contribution in [0.2, 0.25) is 0 Å². The van der Waals surface area contributed by atoms with E-state index in [1.54, 1.807) is 0 Å². The van der Waals surface area contributed by atoms with E-state index in [0.29, 0.717) is 18.8 Å². The Balaban J connectivity index is 2.66. The van der Waals surface area contributed by atoms with E-state index < -0.39 is 11.7 Å². The number of rotatable bonds is 4. The van der Waals surface area contributed by atoms with Gasteiger partial charge in [-0.15, -0.1) is 11.6 Å². The van der Waals surface area contributed by atoms with Crippen molar-refractivity contribution in [3.63, 3.8) is 0 Å². The summed E-state index contributed by atoms with van der Waals surface area (Å²) in [6.07, 6.45) is -2.52. The molecule has 1 aromatic heterocycles. The van der Waals surface area contributed by atoms with Gasteiger partial charge in [0.2, 0.25) is 0 Å². The van der Waals surface area contributed by atoms with Crippen LogP contribution < -0.4 is 5.32 Å². The fraction of sp³-hybridized carbons (Fsp3) is 0.444. The summed E-state index contributed by atoms with van der Waals surface area (Å²) < 4.78 is 36.8. The maximum Gasteiger partial charge on any atom is 0.416 e. The standard InChI is InChI=1S/C9H10ClF3N2/c10-3-1-4-14-8-6-7(2-5-15-8)9(11,12)13/h2,5-6H,1,3-4H2,(H,14,15). The molecule has 0 amide bonds. The first-order chi connectivity index (χ1) is 7.04. The van der Waals surface area contributed by atoms with E-state index in [2.05, 4.69) is 10.3 Å². The monoisotopic (exact) mass is 238 g/mol. The van der Waals surface area contributed by atoms with Gasteiger partial charge >= 0.3 is 6.18 Å². The third-order valence-corrected chi connectivity index (χ3v) is 1.97. The molecule has 0 spiro atoms. The topological polar surface area (TPSA) is 24.9 Å². The second-order valence-corrected chi connectivity index (χ2v) is 3.27. The molecule has 0 aliphatic heterocycles. The Morgan fingerprint density at radius 2 is 2.13 bits per heavy atom. The van der Waals surface area contributed by atoms with Crippen molar-refractivity contribution in [1.82, 2.24) is 4.98 Å². The van der Waals surface area contributed by atoms with Crippen LogP contribution in [0.4, 0.5) is 19.0 Å². The number of aromatic nitrogens is 1. The zero-order valence-corrected chi connectivity index (χ0v) is 8.57. The third kappa shape index (κ3) is 3.95. The van der Waals surface area contributed by atoms with Crippen molar-refractivity contribution in [2.75, 3.05) is 17.7 Å². The van der Waals surface area contributed by atoms with Crippen LogP contribution in [0.3, 0.4) is 0 Å². The number of hydrogen-bond donors (Lipinski definition) is 1. The molecule has 0 aliphatic carbocycles. The number of nitrogens with zero attached hydrogens (tertiary/aromatic N) is 1. The van der Waals surface area contributed by atoms with Crippen molar-refractivity contribution in [3.05, 3.63) is 23.9 Å². The highest BCUT2D eigenvalue weighted by Gasteiger charge is 2.30. The highest BCUT2D eigenvalue weighted by atomic mass is 35.5. The average Bonchev–Trinajstić information content (AvgIpc) is 2.17. The molecule has 1 heterocycles. The van der Waals surface area contributed by atoms with Gasteiger partial charge in [0, 0.05) is 18.6 Å². The van der Waals surface area contributed by atoms with Crippen LogP contribution in [0, 0.1) is 0 Å². The van der Waals surface area contributed by atoms with Crippen molar-refractivity contribution < 1.29 is 13.2 Å². The summed E-state index contributed by atoms with van der Waals surface area (Å²) in [6.45, 7) is 0.512. The molecule has 0 aromatic carbocycles. The summed E-state index contributed by atoms with van der Waals surface area (Å²) in [6, 6.07) is 1.92. The van der Waals surface area contributed by atoms with E-state index in [4.69, 9.17) is 11.6 Å². The van der Waals surface area contributed by atoms with Crippen LogP contribution in [0.15, 0.2) is 18.3 Å². The Bertz CT molecular complexity index is 314. The Morgan fingerprint density at radius 1 is 1.40 bits per heavy atom. The van der Waals surface area contributed by atoms with Gasteiger partial charge in [-0.05, 0) is 18.6 Å². The molecule has 0 aliphatic rings. The van der Waals surface area contributed by atoms with Crippen molar-refractivity contribution in [3.8, 4) is 0 Å². The van der Waals surface area contributed by atoms with Crippen LogP contribution in [0.5, 0.6) is 0 Å². The number of nitrogens with one attached hydrogen (secondary N) is 1. The highest BCUT2D eigenvalue weighted by Crippen LogP contribution is 2.29. The van der Waals surface area contributed by atoms with Gasteiger partial charge < -0.3 is 5.32 Å². The lowest BCUT2D eigenvalue weighted by atomic mass is 10.2. The van der Waals surface area contributed by atoms with Crippen molar-refractivity contribution in [1.29, 1.82) is 0 Å². The number of hydrogen-bond acceptors (Lipinski definition) is 2. The highest BCUT2D eigenvalue weighted by molar-refractivity contribution is 6.17. The molecule has 0 fully saturated rings. The molecule has 1 N–H and O–H groups in total. The molecule has 0 saturated carbocycles. The maximum absolute atomic E-state index is 12.3. The second-order valence-electron chi connectivity index (χ2n) is 2.90. The first-order valence-corrected chi connectivity index (χ1v) is 4.90. The number of halogens is 4. The van der Waals surface area contributed by atoms with Crippen LogP contribution in [-0.4, -0.2) is 17.4 Å². The van der Waals surface area contributed by atoms with E-state index in [1.807, 2.05) is 0 Å². The summed E-state index contributed by atoms with van der Waals surface area (Å²) in [5.41, 5.74) is -0.703. The summed E-state index contributed by atoms with van der Waals surface area (Å²) in [7, 11) is 0. The minimum Gasteiger partial charge on any atom is -0.370 e. The van der Waals surface area contributed by atoms with E-state index in [1.165, 1.54) is 0 Å². The van der Waals surface area contributed by atoms with Crippen LogP contribution in [0.1, 0.15) is 12.0 Å². The molecule has 0 bridgehead atoms. The van der Waals surface area contributed by atoms with Gasteiger partial charge in [-0.2, -0.15) is 13.2 Å². The van der Waals surface area contributed by atoms with Gasteiger partial charge in [0.05, 0.1) is 5.56 Å². The van der Waals surface area contributed by atoms with Gasteiger partial charge in [-0.3, -0.25) is 0 Å². The Labute approximate surface area is 90.5 Å². The molecule has 1 rings (SSSR count). The zero-order valence-electron chi connectivity index (χ0n) is 7.81. The van der Waals surface area contributed by atoms with E-state index in [0.717, 1.165) is 18.3 Å². The van der Waals surface area contributed by atoms with Gasteiger partial charge in [0.25, 0.3) is 0 Å². The van der Waals surface area contributed by atoms with E-state index in [9.17, 15) is 13.2 Å². The molecule has 1 aromatic rings. The number of anilines is 1. The van der Waals surface area contributed by atoms with E-state index >= 15 is 0 Å². The lowest BCUT2D eigenvalue weighted by molar-refractivity contribution is -0.137. The van der Waals surface area contributed by atoms with Crippen LogP contribution >= 0.6 is 11.6 Å². The van der Waals surface area contributed by atoms with Gasteiger partial charge in [-0.25, -0.2) is 4.98 Å². The largest absolute Gasteiger partial charge is 0.416 e. The maximum atomic E-state index is 12.3. The van der Waals surface area contributed by atoms with Gasteiger partial charge in [-0.1, -0.05) is 0 Å². The van der Waals surface area contributed by atoms with Crippen molar-refractivity contribution in [2.24, 2.45) is 0 Å². The average molecular weight is 239 g/mol. The Hall–Kier alpha value is -0.970. The predicted octanol–water partition coefficient (Wildman–Crippen LogP) is 3.14.